The van der Waals surface area contributed by atoms with Crippen LogP contribution < -0.4 is 10.6 Å². The van der Waals surface area contributed by atoms with Crippen molar-refractivity contribution >= 4 is 17.3 Å². The van der Waals surface area contributed by atoms with E-state index in [-0.39, 0.29) is 6.10 Å². The molecule has 2 heterocycles. The number of ether oxygens (including phenoxy) is 1. The molecule has 148 valence electrons. The summed E-state index contributed by atoms with van der Waals surface area (Å²) in [7, 11) is 1.78. The average Bonchev–Trinajstić information content (AvgIpc) is 3.25. The van der Waals surface area contributed by atoms with Gasteiger partial charge in [-0.3, -0.25) is 9.89 Å². The van der Waals surface area contributed by atoms with Gasteiger partial charge in [-0.15, -0.1) is 11.3 Å². The lowest BCUT2D eigenvalue weighted by Gasteiger charge is -2.37. The first-order valence-electron chi connectivity index (χ1n) is 9.52. The third-order valence-corrected chi connectivity index (χ3v) is 5.79. The molecule has 1 aliphatic rings. The van der Waals surface area contributed by atoms with Gasteiger partial charge in [-0.1, -0.05) is 18.2 Å². The Kier molecular flexibility index (Phi) is 7.43. The lowest BCUT2D eigenvalue weighted by molar-refractivity contribution is -0.0334. The number of thiophene rings is 1. The van der Waals surface area contributed by atoms with Crippen molar-refractivity contribution < 1.29 is 4.74 Å². The van der Waals surface area contributed by atoms with Gasteiger partial charge in [-0.05, 0) is 36.1 Å². The van der Waals surface area contributed by atoms with E-state index in [1.165, 1.54) is 4.88 Å². The molecule has 2 N–H and O–H groups in total. The molecule has 2 unspecified atom stereocenters. The number of morpholine rings is 1. The van der Waals surface area contributed by atoms with E-state index in [1.54, 1.807) is 18.4 Å². The number of benzene rings is 1. The highest BCUT2D eigenvalue weighted by Crippen LogP contribution is 2.26. The quantitative estimate of drug-likeness (QED) is 0.579. The maximum atomic E-state index is 8.90. The highest BCUT2D eigenvalue weighted by Gasteiger charge is 2.26. The second-order valence-corrected chi connectivity index (χ2v) is 7.80. The van der Waals surface area contributed by atoms with E-state index >= 15 is 0 Å². The third-order valence-electron chi connectivity index (χ3n) is 4.81. The second kappa shape index (κ2) is 10.2. The Morgan fingerprint density at radius 1 is 1.36 bits per heavy atom. The highest BCUT2D eigenvalue weighted by molar-refractivity contribution is 7.10. The van der Waals surface area contributed by atoms with Crippen molar-refractivity contribution in [3.8, 4) is 6.07 Å². The smallest absolute Gasteiger partial charge is 0.191 e. The molecule has 28 heavy (non-hydrogen) atoms. The Balaban J connectivity index is 1.58. The number of nitrogens with one attached hydrogen (secondary N) is 2. The van der Waals surface area contributed by atoms with Crippen molar-refractivity contribution in [2.24, 2.45) is 4.99 Å². The van der Waals surface area contributed by atoms with Crippen LogP contribution >= 0.6 is 11.3 Å². The van der Waals surface area contributed by atoms with Crippen LogP contribution in [0.4, 0.5) is 0 Å². The van der Waals surface area contributed by atoms with E-state index in [2.05, 4.69) is 51.0 Å². The zero-order valence-corrected chi connectivity index (χ0v) is 17.2. The standard InChI is InChI=1S/C21H27N5OS/c1-16-15-26(9-10-27-16)19(20-4-3-11-28-20)14-25-21(23-2)24-13-18-7-5-17(12-22)6-8-18/h3-8,11,16,19H,9-10,13-15H2,1-2H3,(H2,23,24,25). The molecular formula is C21H27N5OS. The molecular weight excluding hydrogens is 370 g/mol. The minimum atomic E-state index is 0.255. The Bertz CT molecular complexity index is 797. The summed E-state index contributed by atoms with van der Waals surface area (Å²) in [5.41, 5.74) is 1.78. The molecule has 0 spiro atoms. The van der Waals surface area contributed by atoms with Gasteiger partial charge < -0.3 is 15.4 Å². The van der Waals surface area contributed by atoms with Crippen molar-refractivity contribution in [2.75, 3.05) is 33.3 Å². The van der Waals surface area contributed by atoms with Crippen LogP contribution in [-0.2, 0) is 11.3 Å². The number of hydrogen-bond donors (Lipinski definition) is 2. The molecule has 0 amide bonds. The van der Waals surface area contributed by atoms with Crippen LogP contribution in [0.25, 0.3) is 0 Å². The fourth-order valence-electron chi connectivity index (χ4n) is 3.32. The molecule has 1 aliphatic heterocycles. The van der Waals surface area contributed by atoms with E-state index in [0.29, 0.717) is 18.2 Å². The topological polar surface area (TPSA) is 72.7 Å². The predicted octanol–water partition coefficient (Wildman–Crippen LogP) is 2.75. The minimum Gasteiger partial charge on any atom is -0.376 e. The van der Waals surface area contributed by atoms with Gasteiger partial charge in [-0.25, -0.2) is 0 Å². The van der Waals surface area contributed by atoms with Crippen LogP contribution in [-0.4, -0.2) is 50.3 Å². The van der Waals surface area contributed by atoms with E-state index < -0.39 is 0 Å². The normalized spacial score (nSPS) is 19.0. The zero-order chi connectivity index (χ0) is 19.8. The summed E-state index contributed by atoms with van der Waals surface area (Å²) in [5.74, 6) is 0.771. The number of hydrogen-bond acceptors (Lipinski definition) is 5. The summed E-state index contributed by atoms with van der Waals surface area (Å²) < 4.78 is 5.71. The van der Waals surface area contributed by atoms with Gasteiger partial charge in [0.25, 0.3) is 0 Å². The van der Waals surface area contributed by atoms with Crippen LogP contribution in [0.5, 0.6) is 0 Å². The summed E-state index contributed by atoms with van der Waals surface area (Å²) in [6.45, 7) is 6.20. The molecule has 3 rings (SSSR count). The molecule has 0 saturated carbocycles. The number of rotatable bonds is 6. The van der Waals surface area contributed by atoms with Crippen LogP contribution in [0.15, 0.2) is 46.8 Å². The summed E-state index contributed by atoms with van der Waals surface area (Å²) >= 11 is 1.79. The number of guanidine groups is 1. The first kappa shape index (κ1) is 20.3. The Morgan fingerprint density at radius 2 is 2.18 bits per heavy atom. The van der Waals surface area contributed by atoms with Gasteiger partial charge in [0.1, 0.15) is 0 Å². The fraction of sp³-hybridized carbons (Fsp3) is 0.429. The SMILES string of the molecule is CN=C(NCc1ccc(C#N)cc1)NCC(c1cccs1)N1CCOC(C)C1. The number of nitriles is 1. The summed E-state index contributed by atoms with van der Waals surface area (Å²) in [6, 6.07) is 14.3. The maximum Gasteiger partial charge on any atom is 0.191 e. The molecule has 0 aliphatic carbocycles. The molecule has 0 bridgehead atoms. The molecule has 1 aromatic carbocycles. The summed E-state index contributed by atoms with van der Waals surface area (Å²) in [6.07, 6.45) is 0.255. The van der Waals surface area contributed by atoms with Crippen molar-refractivity contribution in [1.82, 2.24) is 15.5 Å². The van der Waals surface area contributed by atoms with Gasteiger partial charge in [0, 0.05) is 38.1 Å². The van der Waals surface area contributed by atoms with Gasteiger partial charge in [-0.2, -0.15) is 5.26 Å². The van der Waals surface area contributed by atoms with Crippen LogP contribution in [0.3, 0.4) is 0 Å². The van der Waals surface area contributed by atoms with Gasteiger partial charge in [0.2, 0.25) is 0 Å². The molecule has 1 fully saturated rings. The first-order valence-corrected chi connectivity index (χ1v) is 10.4. The Morgan fingerprint density at radius 3 is 2.82 bits per heavy atom. The monoisotopic (exact) mass is 397 g/mol. The van der Waals surface area contributed by atoms with Gasteiger partial charge >= 0.3 is 0 Å². The highest BCUT2D eigenvalue weighted by atomic mass is 32.1. The molecule has 2 aromatic rings. The van der Waals surface area contributed by atoms with Crippen molar-refractivity contribution in [2.45, 2.75) is 25.6 Å². The number of aliphatic imine (C=N–C) groups is 1. The lowest BCUT2D eigenvalue weighted by atomic mass is 10.1. The zero-order valence-electron chi connectivity index (χ0n) is 16.4. The molecule has 2 atom stereocenters. The molecule has 1 aromatic heterocycles. The third kappa shape index (κ3) is 5.55. The van der Waals surface area contributed by atoms with Crippen molar-refractivity contribution in [1.29, 1.82) is 5.26 Å². The summed E-state index contributed by atoms with van der Waals surface area (Å²) in [5, 5.41) is 17.9. The molecule has 6 nitrogen and oxygen atoms in total. The minimum absolute atomic E-state index is 0.255. The van der Waals surface area contributed by atoms with Crippen molar-refractivity contribution in [3.05, 3.63) is 57.8 Å². The predicted molar refractivity (Wildman–Crippen MR) is 113 cm³/mol. The largest absolute Gasteiger partial charge is 0.376 e. The van der Waals surface area contributed by atoms with Crippen LogP contribution in [0, 0.1) is 11.3 Å². The van der Waals surface area contributed by atoms with Crippen molar-refractivity contribution in [3.63, 3.8) is 0 Å². The number of nitrogens with zero attached hydrogens (tertiary/aromatic N) is 3. The van der Waals surface area contributed by atoms with E-state index in [0.717, 1.165) is 37.8 Å². The lowest BCUT2D eigenvalue weighted by Crippen LogP contribution is -2.47. The summed E-state index contributed by atoms with van der Waals surface area (Å²) in [4.78, 5) is 8.19. The Hall–Kier alpha value is -2.40. The molecule has 1 saturated heterocycles. The molecule has 0 radical (unpaired) electrons. The second-order valence-electron chi connectivity index (χ2n) is 6.82. The van der Waals surface area contributed by atoms with Crippen LogP contribution in [0.1, 0.15) is 29.0 Å². The van der Waals surface area contributed by atoms with E-state index in [1.807, 2.05) is 24.3 Å². The average molecular weight is 398 g/mol. The van der Waals surface area contributed by atoms with E-state index in [4.69, 9.17) is 10.00 Å². The fourth-order valence-corrected chi connectivity index (χ4v) is 4.18. The maximum absolute atomic E-state index is 8.90. The Labute approximate surface area is 170 Å². The first-order chi connectivity index (χ1) is 13.7. The van der Waals surface area contributed by atoms with Crippen LogP contribution in [0.2, 0.25) is 0 Å². The molecule has 7 heteroatoms. The van der Waals surface area contributed by atoms with Gasteiger partial charge in [0.05, 0.1) is 30.4 Å². The van der Waals surface area contributed by atoms with Gasteiger partial charge in [0.15, 0.2) is 5.96 Å². The van der Waals surface area contributed by atoms with E-state index in [9.17, 15) is 0 Å².